The molecule has 1 N–H and O–H groups in total. The largest absolute Gasteiger partial charge is 0.311 e. The van der Waals surface area contributed by atoms with Crippen molar-refractivity contribution in [1.29, 1.82) is 0 Å². The highest BCUT2D eigenvalue weighted by atomic mass is 32.2. The molecule has 2 atom stereocenters. The third-order valence-corrected chi connectivity index (χ3v) is 4.52. The number of sulfone groups is 1. The molecule has 0 spiro atoms. The van der Waals surface area contributed by atoms with Crippen LogP contribution in [0.2, 0.25) is 0 Å². The van der Waals surface area contributed by atoms with Crippen LogP contribution in [0.25, 0.3) is 0 Å². The van der Waals surface area contributed by atoms with E-state index in [1.54, 1.807) is 0 Å². The average molecular weight is 276 g/mol. The first-order chi connectivity index (χ1) is 8.31. The first-order valence-electron chi connectivity index (χ1n) is 6.97. The van der Waals surface area contributed by atoms with Crippen molar-refractivity contribution in [3.05, 3.63) is 0 Å². The smallest absolute Gasteiger partial charge is 0.148 e. The first kappa shape index (κ1) is 15.9. The Morgan fingerprint density at radius 1 is 1.39 bits per heavy atom. The topological polar surface area (TPSA) is 49.4 Å². The van der Waals surface area contributed by atoms with Crippen LogP contribution in [0, 0.1) is 5.92 Å². The zero-order valence-corrected chi connectivity index (χ0v) is 13.0. The molecule has 5 heteroatoms. The molecule has 1 rings (SSSR count). The maximum atomic E-state index is 11.3. The molecular weight excluding hydrogens is 248 g/mol. The lowest BCUT2D eigenvalue weighted by atomic mass is 9.98. The molecule has 0 aromatic heterocycles. The van der Waals surface area contributed by atoms with Gasteiger partial charge in [-0.1, -0.05) is 20.8 Å². The average Bonchev–Trinajstić information content (AvgIpc) is 2.26. The van der Waals surface area contributed by atoms with Crippen molar-refractivity contribution in [3.8, 4) is 0 Å². The number of nitrogens with one attached hydrogen (secondary N) is 1. The van der Waals surface area contributed by atoms with E-state index < -0.39 is 9.84 Å². The van der Waals surface area contributed by atoms with Crippen molar-refractivity contribution in [3.63, 3.8) is 0 Å². The summed E-state index contributed by atoms with van der Waals surface area (Å²) < 4.78 is 22.6. The maximum absolute atomic E-state index is 11.3. The van der Waals surface area contributed by atoms with Crippen molar-refractivity contribution in [2.45, 2.75) is 45.7 Å². The van der Waals surface area contributed by atoms with E-state index in [-0.39, 0.29) is 5.75 Å². The normalized spacial score (nSPS) is 26.7. The highest BCUT2D eigenvalue weighted by Crippen LogP contribution is 2.16. The highest BCUT2D eigenvalue weighted by molar-refractivity contribution is 7.90. The second-order valence-corrected chi connectivity index (χ2v) is 8.18. The van der Waals surface area contributed by atoms with Crippen LogP contribution in [0.4, 0.5) is 0 Å². The van der Waals surface area contributed by atoms with Crippen LogP contribution in [0.3, 0.4) is 0 Å². The molecule has 0 saturated carbocycles. The Labute approximate surface area is 112 Å². The maximum Gasteiger partial charge on any atom is 0.148 e. The van der Waals surface area contributed by atoms with Crippen LogP contribution in [0.15, 0.2) is 0 Å². The molecule has 0 bridgehead atoms. The van der Waals surface area contributed by atoms with Gasteiger partial charge in [0.15, 0.2) is 0 Å². The van der Waals surface area contributed by atoms with Gasteiger partial charge in [0.1, 0.15) is 9.84 Å². The molecule has 0 aromatic rings. The van der Waals surface area contributed by atoms with Crippen molar-refractivity contribution in [1.82, 2.24) is 10.2 Å². The van der Waals surface area contributed by atoms with Gasteiger partial charge in [0.05, 0.1) is 5.75 Å². The quantitative estimate of drug-likeness (QED) is 0.790. The van der Waals surface area contributed by atoms with Gasteiger partial charge in [-0.3, -0.25) is 4.90 Å². The summed E-state index contributed by atoms with van der Waals surface area (Å²) in [7, 11) is -2.86. The summed E-state index contributed by atoms with van der Waals surface area (Å²) >= 11 is 0. The zero-order chi connectivity index (χ0) is 13.8. The van der Waals surface area contributed by atoms with Crippen molar-refractivity contribution >= 4 is 9.84 Å². The van der Waals surface area contributed by atoms with E-state index in [4.69, 9.17) is 0 Å². The molecule has 1 aliphatic rings. The van der Waals surface area contributed by atoms with Crippen LogP contribution < -0.4 is 5.32 Å². The summed E-state index contributed by atoms with van der Waals surface area (Å²) in [5, 5.41) is 3.56. The Morgan fingerprint density at radius 3 is 2.56 bits per heavy atom. The van der Waals surface area contributed by atoms with Gasteiger partial charge in [0.25, 0.3) is 0 Å². The number of hydrogen-bond donors (Lipinski definition) is 1. The summed E-state index contributed by atoms with van der Waals surface area (Å²) in [4.78, 5) is 2.37. The fourth-order valence-corrected chi connectivity index (χ4v) is 3.10. The molecule has 1 heterocycles. The Morgan fingerprint density at radius 2 is 2.06 bits per heavy atom. The zero-order valence-electron chi connectivity index (χ0n) is 12.1. The summed E-state index contributed by atoms with van der Waals surface area (Å²) in [6, 6.07) is 0.988. The monoisotopic (exact) mass is 276 g/mol. The molecule has 0 aliphatic carbocycles. The summed E-state index contributed by atoms with van der Waals surface area (Å²) in [6.45, 7) is 9.26. The second kappa shape index (κ2) is 6.87. The molecule has 2 unspecified atom stereocenters. The van der Waals surface area contributed by atoms with Crippen LogP contribution in [-0.4, -0.2) is 57.0 Å². The fraction of sp³-hybridized carbons (Fsp3) is 1.00. The van der Waals surface area contributed by atoms with Gasteiger partial charge in [-0.05, 0) is 18.8 Å². The Bertz CT molecular complexity index is 341. The van der Waals surface area contributed by atoms with Crippen molar-refractivity contribution in [2.24, 2.45) is 5.92 Å². The highest BCUT2D eigenvalue weighted by Gasteiger charge is 2.27. The molecule has 1 saturated heterocycles. The van der Waals surface area contributed by atoms with Gasteiger partial charge in [0, 0.05) is 38.0 Å². The van der Waals surface area contributed by atoms with Crippen LogP contribution in [0.5, 0.6) is 0 Å². The van der Waals surface area contributed by atoms with E-state index in [1.165, 1.54) is 6.26 Å². The lowest BCUT2D eigenvalue weighted by Gasteiger charge is -2.41. The molecule has 0 amide bonds. The van der Waals surface area contributed by atoms with Gasteiger partial charge in [-0.15, -0.1) is 0 Å². The molecule has 1 aliphatic heterocycles. The third-order valence-electron chi connectivity index (χ3n) is 3.60. The van der Waals surface area contributed by atoms with Crippen LogP contribution in [-0.2, 0) is 9.84 Å². The lowest BCUT2D eigenvalue weighted by Crippen LogP contribution is -2.57. The standard InChI is InChI=1S/C13H28N2O2S/c1-5-12-10-15(6-7-18(4,16)17)13(9-14-12)8-11(2)3/h11-14H,5-10H2,1-4H3. The summed E-state index contributed by atoms with van der Waals surface area (Å²) in [6.07, 6.45) is 3.56. The second-order valence-electron chi connectivity index (χ2n) is 5.92. The minimum absolute atomic E-state index is 0.276. The van der Waals surface area contributed by atoms with E-state index >= 15 is 0 Å². The van der Waals surface area contributed by atoms with Gasteiger partial charge in [-0.25, -0.2) is 8.42 Å². The van der Waals surface area contributed by atoms with Crippen LogP contribution in [0.1, 0.15) is 33.6 Å². The first-order valence-corrected chi connectivity index (χ1v) is 9.03. The van der Waals surface area contributed by atoms with Gasteiger partial charge in [-0.2, -0.15) is 0 Å². The number of rotatable bonds is 6. The Kier molecular flexibility index (Phi) is 6.08. The Balaban J connectivity index is 2.59. The van der Waals surface area contributed by atoms with E-state index in [0.717, 1.165) is 25.9 Å². The summed E-state index contributed by atoms with van der Waals surface area (Å²) in [5.41, 5.74) is 0. The minimum Gasteiger partial charge on any atom is -0.311 e. The van der Waals surface area contributed by atoms with Crippen molar-refractivity contribution in [2.75, 3.05) is 31.6 Å². The minimum atomic E-state index is -2.86. The predicted octanol–water partition coefficient (Wildman–Crippen LogP) is 1.13. The number of piperazine rings is 1. The van der Waals surface area contributed by atoms with Gasteiger partial charge >= 0.3 is 0 Å². The molecule has 108 valence electrons. The summed E-state index contributed by atoms with van der Waals surface area (Å²) in [5.74, 6) is 0.925. The lowest BCUT2D eigenvalue weighted by molar-refractivity contribution is 0.120. The SMILES string of the molecule is CCC1CN(CCS(C)(=O)=O)C(CC(C)C)CN1. The van der Waals surface area contributed by atoms with Gasteiger partial charge < -0.3 is 5.32 Å². The Hall–Kier alpha value is -0.130. The van der Waals surface area contributed by atoms with Gasteiger partial charge in [0.2, 0.25) is 0 Å². The molecule has 18 heavy (non-hydrogen) atoms. The van der Waals surface area contributed by atoms with E-state index in [1.807, 2.05) is 0 Å². The molecule has 0 aromatic carbocycles. The van der Waals surface area contributed by atoms with E-state index in [0.29, 0.717) is 24.5 Å². The fourth-order valence-electron chi connectivity index (χ4n) is 2.54. The van der Waals surface area contributed by atoms with E-state index in [9.17, 15) is 8.42 Å². The predicted molar refractivity (Wildman–Crippen MR) is 76.6 cm³/mol. The number of hydrogen-bond acceptors (Lipinski definition) is 4. The molecular formula is C13H28N2O2S. The molecule has 1 fully saturated rings. The number of nitrogens with zero attached hydrogens (tertiary/aromatic N) is 1. The molecule has 4 nitrogen and oxygen atoms in total. The molecule has 0 radical (unpaired) electrons. The third kappa shape index (κ3) is 5.67. The van der Waals surface area contributed by atoms with Crippen molar-refractivity contribution < 1.29 is 8.42 Å². The van der Waals surface area contributed by atoms with Crippen LogP contribution >= 0.6 is 0 Å². The van der Waals surface area contributed by atoms with E-state index in [2.05, 4.69) is 31.0 Å².